The Morgan fingerprint density at radius 1 is 1.47 bits per heavy atom. The molecule has 2 heterocycles. The molecule has 0 radical (unpaired) electrons. The second-order valence-electron chi connectivity index (χ2n) is 3.75. The summed E-state index contributed by atoms with van der Waals surface area (Å²) in [6, 6.07) is 5.57. The van der Waals surface area contributed by atoms with Crippen molar-refractivity contribution >= 4 is 30.7 Å². The van der Waals surface area contributed by atoms with E-state index in [1.165, 1.54) is 0 Å². The number of carbonyl (C=O) groups is 1. The summed E-state index contributed by atoms with van der Waals surface area (Å²) in [5, 5.41) is 0. The fourth-order valence-corrected chi connectivity index (χ4v) is 1.98. The monoisotopic (exact) mass is 277 g/mol. The first kappa shape index (κ1) is 16.2. The predicted molar refractivity (Wildman–Crippen MR) is 71.8 cm³/mol. The van der Waals surface area contributed by atoms with Gasteiger partial charge in [-0.15, -0.1) is 24.8 Å². The second kappa shape index (κ2) is 7.48. The number of halogens is 2. The van der Waals surface area contributed by atoms with Gasteiger partial charge in [0.2, 0.25) is 0 Å². The Morgan fingerprint density at radius 2 is 2.24 bits per heavy atom. The van der Waals surface area contributed by atoms with Gasteiger partial charge in [-0.3, -0.25) is 9.78 Å². The minimum Gasteiger partial charge on any atom is -0.333 e. The number of rotatable bonds is 2. The summed E-state index contributed by atoms with van der Waals surface area (Å²) < 4.78 is 0. The number of nitrogens with two attached hydrogens (primary N) is 1. The van der Waals surface area contributed by atoms with Crippen LogP contribution in [0.5, 0.6) is 0 Å². The number of carbonyl (C=O) groups excluding carboxylic acids is 1. The molecule has 2 N–H and O–H groups in total. The van der Waals surface area contributed by atoms with Gasteiger partial charge in [0.1, 0.15) is 5.69 Å². The Labute approximate surface area is 113 Å². The number of likely N-dealkylation sites (tertiary alicyclic amines) is 1. The van der Waals surface area contributed by atoms with Gasteiger partial charge in [-0.05, 0) is 25.0 Å². The van der Waals surface area contributed by atoms with E-state index in [-0.39, 0.29) is 36.8 Å². The van der Waals surface area contributed by atoms with Crippen LogP contribution in [0.15, 0.2) is 24.4 Å². The standard InChI is InChI=1S/C11H15N3O.2ClH/c12-8-9-4-3-7-14(9)11(15)10-5-1-2-6-13-10;;/h1-2,5-6,9H,3-4,7-8,12H2;2*1H. The third-order valence-electron chi connectivity index (χ3n) is 2.79. The maximum absolute atomic E-state index is 12.0. The van der Waals surface area contributed by atoms with Crippen molar-refractivity contribution in [1.29, 1.82) is 0 Å². The van der Waals surface area contributed by atoms with Crippen molar-refractivity contribution in [1.82, 2.24) is 9.88 Å². The number of amides is 1. The van der Waals surface area contributed by atoms with E-state index in [1.807, 2.05) is 11.0 Å². The number of hydrogen-bond donors (Lipinski definition) is 1. The molecule has 1 aromatic rings. The van der Waals surface area contributed by atoms with Crippen LogP contribution in [0, 0.1) is 0 Å². The highest BCUT2D eigenvalue weighted by Gasteiger charge is 2.28. The number of aromatic nitrogens is 1. The molecule has 0 aromatic carbocycles. The molecule has 1 unspecified atom stereocenters. The summed E-state index contributed by atoms with van der Waals surface area (Å²) in [5.41, 5.74) is 6.14. The molecule has 1 aliphatic heterocycles. The van der Waals surface area contributed by atoms with E-state index in [0.29, 0.717) is 12.2 Å². The molecule has 0 spiro atoms. The fraction of sp³-hybridized carbons (Fsp3) is 0.455. The fourth-order valence-electron chi connectivity index (χ4n) is 1.98. The second-order valence-corrected chi connectivity index (χ2v) is 3.75. The highest BCUT2D eigenvalue weighted by molar-refractivity contribution is 5.92. The molecule has 17 heavy (non-hydrogen) atoms. The molecule has 1 fully saturated rings. The van der Waals surface area contributed by atoms with Crippen LogP contribution in [0.1, 0.15) is 23.3 Å². The SMILES string of the molecule is Cl.Cl.NCC1CCCN1C(=O)c1ccccn1. The molecule has 0 saturated carbocycles. The van der Waals surface area contributed by atoms with E-state index < -0.39 is 0 Å². The summed E-state index contributed by atoms with van der Waals surface area (Å²) in [4.78, 5) is 17.9. The van der Waals surface area contributed by atoms with Crippen LogP contribution in [-0.2, 0) is 0 Å². The zero-order valence-corrected chi connectivity index (χ0v) is 11.0. The molecule has 0 bridgehead atoms. The lowest BCUT2D eigenvalue weighted by molar-refractivity contribution is 0.0735. The quantitative estimate of drug-likeness (QED) is 0.891. The van der Waals surface area contributed by atoms with Gasteiger partial charge >= 0.3 is 0 Å². The summed E-state index contributed by atoms with van der Waals surface area (Å²) in [5.74, 6) is 0.00329. The van der Waals surface area contributed by atoms with Crippen molar-refractivity contribution in [3.8, 4) is 0 Å². The highest BCUT2D eigenvalue weighted by atomic mass is 35.5. The average Bonchev–Trinajstić information content (AvgIpc) is 2.77. The van der Waals surface area contributed by atoms with Gasteiger partial charge in [0.15, 0.2) is 0 Å². The summed E-state index contributed by atoms with van der Waals surface area (Å²) in [6.45, 7) is 1.34. The molecule has 6 heteroatoms. The molecule has 1 atom stereocenters. The summed E-state index contributed by atoms with van der Waals surface area (Å²) in [7, 11) is 0. The summed E-state index contributed by atoms with van der Waals surface area (Å²) in [6.07, 6.45) is 3.69. The van der Waals surface area contributed by atoms with Crippen LogP contribution in [0.2, 0.25) is 0 Å². The van der Waals surface area contributed by atoms with Crippen molar-refractivity contribution < 1.29 is 4.79 Å². The molecule has 0 aliphatic carbocycles. The van der Waals surface area contributed by atoms with Gasteiger partial charge in [0.25, 0.3) is 5.91 Å². The average molecular weight is 278 g/mol. The maximum Gasteiger partial charge on any atom is 0.272 e. The van der Waals surface area contributed by atoms with E-state index in [1.54, 1.807) is 18.3 Å². The van der Waals surface area contributed by atoms with Crippen LogP contribution < -0.4 is 5.73 Å². The van der Waals surface area contributed by atoms with Gasteiger partial charge in [-0.25, -0.2) is 0 Å². The van der Waals surface area contributed by atoms with Crippen molar-refractivity contribution in [3.05, 3.63) is 30.1 Å². The lowest BCUT2D eigenvalue weighted by Gasteiger charge is -2.22. The molecular formula is C11H17Cl2N3O. The maximum atomic E-state index is 12.0. The van der Waals surface area contributed by atoms with Crippen molar-refractivity contribution in [2.75, 3.05) is 13.1 Å². The predicted octanol–water partition coefficient (Wildman–Crippen LogP) is 1.49. The number of hydrogen-bond acceptors (Lipinski definition) is 3. The Bertz CT molecular complexity index is 348. The lowest BCUT2D eigenvalue weighted by atomic mass is 10.2. The van der Waals surface area contributed by atoms with Crippen LogP contribution in [-0.4, -0.2) is 34.9 Å². The van der Waals surface area contributed by atoms with Gasteiger partial charge in [0.05, 0.1) is 0 Å². The third kappa shape index (κ3) is 3.56. The van der Waals surface area contributed by atoms with E-state index in [0.717, 1.165) is 19.4 Å². The smallest absolute Gasteiger partial charge is 0.272 e. The molecule has 4 nitrogen and oxygen atoms in total. The number of nitrogens with zero attached hydrogens (tertiary/aromatic N) is 2. The lowest BCUT2D eigenvalue weighted by Crippen LogP contribution is -2.40. The Morgan fingerprint density at radius 3 is 2.82 bits per heavy atom. The largest absolute Gasteiger partial charge is 0.333 e. The van der Waals surface area contributed by atoms with Crippen LogP contribution in [0.3, 0.4) is 0 Å². The van der Waals surface area contributed by atoms with Crippen molar-refractivity contribution in [2.24, 2.45) is 5.73 Å². The topological polar surface area (TPSA) is 59.2 Å². The van der Waals surface area contributed by atoms with Gasteiger partial charge in [-0.1, -0.05) is 6.07 Å². The van der Waals surface area contributed by atoms with E-state index in [9.17, 15) is 4.79 Å². The highest BCUT2D eigenvalue weighted by Crippen LogP contribution is 2.18. The van der Waals surface area contributed by atoms with Crippen LogP contribution >= 0.6 is 24.8 Å². The van der Waals surface area contributed by atoms with Crippen LogP contribution in [0.4, 0.5) is 0 Å². The summed E-state index contributed by atoms with van der Waals surface area (Å²) >= 11 is 0. The van der Waals surface area contributed by atoms with Gasteiger partial charge < -0.3 is 10.6 Å². The number of pyridine rings is 1. The van der Waals surface area contributed by atoms with Crippen molar-refractivity contribution in [3.63, 3.8) is 0 Å². The third-order valence-corrected chi connectivity index (χ3v) is 2.79. The normalized spacial score (nSPS) is 18.2. The van der Waals surface area contributed by atoms with Gasteiger partial charge in [-0.2, -0.15) is 0 Å². The molecule has 1 amide bonds. The first-order valence-corrected chi connectivity index (χ1v) is 5.25. The molecule has 1 aliphatic rings. The van der Waals surface area contributed by atoms with Gasteiger partial charge in [0, 0.05) is 25.3 Å². The molecule has 2 rings (SSSR count). The molecule has 1 saturated heterocycles. The van der Waals surface area contributed by atoms with Crippen LogP contribution in [0.25, 0.3) is 0 Å². The van der Waals surface area contributed by atoms with E-state index >= 15 is 0 Å². The molecular weight excluding hydrogens is 261 g/mol. The molecule has 96 valence electrons. The first-order chi connectivity index (χ1) is 7.33. The Hall–Kier alpha value is -0.840. The zero-order chi connectivity index (χ0) is 10.7. The van der Waals surface area contributed by atoms with E-state index in [4.69, 9.17) is 5.73 Å². The minimum atomic E-state index is 0. The Balaban J connectivity index is 0.00000128. The zero-order valence-electron chi connectivity index (χ0n) is 9.41. The Kier molecular flexibility index (Phi) is 7.11. The first-order valence-electron chi connectivity index (χ1n) is 5.25. The molecule has 1 aromatic heterocycles. The van der Waals surface area contributed by atoms with Crippen molar-refractivity contribution in [2.45, 2.75) is 18.9 Å². The minimum absolute atomic E-state index is 0. The van der Waals surface area contributed by atoms with E-state index in [2.05, 4.69) is 4.98 Å².